The first-order chi connectivity index (χ1) is 5.83. The fraction of sp³-hybridized carbons (Fsp3) is 1.00. The molecule has 4 nitrogen and oxygen atoms in total. The Labute approximate surface area is 72.7 Å². The molecule has 2 unspecified atom stereocenters. The average Bonchev–Trinajstić information content (AvgIpc) is 2.84. The first-order valence-corrected chi connectivity index (χ1v) is 4.16. The van der Waals surface area contributed by atoms with Gasteiger partial charge in [-0.15, -0.1) is 0 Å². The Hall–Kier alpha value is -0.160. The van der Waals surface area contributed by atoms with Gasteiger partial charge in [-0.25, -0.2) is 0 Å². The predicted molar refractivity (Wildman–Crippen MR) is 43.0 cm³/mol. The largest absolute Gasteiger partial charge is 0.382 e. The van der Waals surface area contributed by atoms with Crippen molar-refractivity contribution in [3.8, 4) is 0 Å². The standard InChI is InChI=1S/C8H16O4/c1-7(10-4-3-9-2)11-5-8-6-12-8/h7-8H,3-6H2,1-2H3. The molecular weight excluding hydrogens is 160 g/mol. The van der Waals surface area contributed by atoms with Gasteiger partial charge in [-0.2, -0.15) is 0 Å². The third-order valence-electron chi connectivity index (χ3n) is 1.56. The summed E-state index contributed by atoms with van der Waals surface area (Å²) in [5.74, 6) is 0. The molecule has 0 aromatic carbocycles. The molecule has 0 aromatic heterocycles. The average molecular weight is 176 g/mol. The molecule has 1 saturated heterocycles. The number of hydrogen-bond donors (Lipinski definition) is 0. The summed E-state index contributed by atoms with van der Waals surface area (Å²) in [6, 6.07) is 0. The fourth-order valence-electron chi connectivity index (χ4n) is 0.753. The molecule has 0 bridgehead atoms. The van der Waals surface area contributed by atoms with Gasteiger partial charge in [-0.05, 0) is 6.92 Å². The van der Waals surface area contributed by atoms with Crippen LogP contribution in [0.25, 0.3) is 0 Å². The first kappa shape index (κ1) is 9.92. The van der Waals surface area contributed by atoms with Crippen LogP contribution in [0.1, 0.15) is 6.92 Å². The zero-order valence-electron chi connectivity index (χ0n) is 7.62. The number of rotatable bonds is 7. The summed E-state index contributed by atoms with van der Waals surface area (Å²) >= 11 is 0. The Morgan fingerprint density at radius 3 is 2.75 bits per heavy atom. The van der Waals surface area contributed by atoms with Crippen LogP contribution in [-0.4, -0.2) is 45.9 Å². The van der Waals surface area contributed by atoms with Crippen LogP contribution in [0.15, 0.2) is 0 Å². The molecule has 0 N–H and O–H groups in total. The van der Waals surface area contributed by atoms with E-state index in [1.807, 2.05) is 6.92 Å². The van der Waals surface area contributed by atoms with Crippen LogP contribution in [0.4, 0.5) is 0 Å². The summed E-state index contributed by atoms with van der Waals surface area (Å²) in [5, 5.41) is 0. The van der Waals surface area contributed by atoms with Crippen molar-refractivity contribution in [2.24, 2.45) is 0 Å². The highest BCUT2D eigenvalue weighted by Crippen LogP contribution is 2.09. The lowest BCUT2D eigenvalue weighted by Crippen LogP contribution is -2.18. The van der Waals surface area contributed by atoms with E-state index < -0.39 is 0 Å². The number of methoxy groups -OCH3 is 1. The van der Waals surface area contributed by atoms with Crippen LogP contribution >= 0.6 is 0 Å². The Morgan fingerprint density at radius 1 is 1.42 bits per heavy atom. The van der Waals surface area contributed by atoms with Crippen LogP contribution in [0.2, 0.25) is 0 Å². The van der Waals surface area contributed by atoms with Gasteiger partial charge >= 0.3 is 0 Å². The second-order valence-corrected chi connectivity index (χ2v) is 2.72. The number of ether oxygens (including phenoxy) is 4. The normalized spacial score (nSPS) is 24.0. The summed E-state index contributed by atoms with van der Waals surface area (Å²) in [5.41, 5.74) is 0. The molecule has 12 heavy (non-hydrogen) atoms. The van der Waals surface area contributed by atoms with Gasteiger partial charge in [0.1, 0.15) is 6.10 Å². The van der Waals surface area contributed by atoms with Crippen molar-refractivity contribution in [3.05, 3.63) is 0 Å². The van der Waals surface area contributed by atoms with Crippen LogP contribution < -0.4 is 0 Å². The van der Waals surface area contributed by atoms with E-state index in [9.17, 15) is 0 Å². The van der Waals surface area contributed by atoms with Crippen molar-refractivity contribution in [1.82, 2.24) is 0 Å². The van der Waals surface area contributed by atoms with E-state index >= 15 is 0 Å². The molecule has 0 saturated carbocycles. The van der Waals surface area contributed by atoms with Gasteiger partial charge in [0.2, 0.25) is 0 Å². The minimum Gasteiger partial charge on any atom is -0.382 e. The monoisotopic (exact) mass is 176 g/mol. The summed E-state index contributed by atoms with van der Waals surface area (Å²) < 4.78 is 20.4. The molecule has 0 spiro atoms. The third kappa shape index (κ3) is 4.66. The Morgan fingerprint density at radius 2 is 2.17 bits per heavy atom. The molecule has 72 valence electrons. The quantitative estimate of drug-likeness (QED) is 0.320. The van der Waals surface area contributed by atoms with Crippen LogP contribution in [0.3, 0.4) is 0 Å². The van der Waals surface area contributed by atoms with E-state index in [2.05, 4.69) is 0 Å². The topological polar surface area (TPSA) is 40.2 Å². The van der Waals surface area contributed by atoms with E-state index in [0.717, 1.165) is 6.61 Å². The fourth-order valence-corrected chi connectivity index (χ4v) is 0.753. The van der Waals surface area contributed by atoms with Crippen molar-refractivity contribution in [1.29, 1.82) is 0 Å². The molecule has 4 heteroatoms. The lowest BCUT2D eigenvalue weighted by Gasteiger charge is -2.12. The zero-order chi connectivity index (χ0) is 8.81. The Kier molecular flexibility index (Phi) is 4.53. The lowest BCUT2D eigenvalue weighted by atomic mass is 10.5. The van der Waals surface area contributed by atoms with Crippen LogP contribution in [0, 0.1) is 0 Å². The van der Waals surface area contributed by atoms with Crippen LogP contribution in [0.5, 0.6) is 0 Å². The van der Waals surface area contributed by atoms with Crippen molar-refractivity contribution >= 4 is 0 Å². The highest BCUT2D eigenvalue weighted by molar-refractivity contribution is 4.67. The van der Waals surface area contributed by atoms with Gasteiger partial charge in [0.25, 0.3) is 0 Å². The molecule has 0 aromatic rings. The van der Waals surface area contributed by atoms with Crippen molar-refractivity contribution in [2.75, 3.05) is 33.5 Å². The predicted octanol–water partition coefficient (Wildman–Crippen LogP) is 0.411. The maximum absolute atomic E-state index is 5.31. The third-order valence-corrected chi connectivity index (χ3v) is 1.56. The maximum Gasteiger partial charge on any atom is 0.155 e. The molecule has 1 aliphatic heterocycles. The summed E-state index contributed by atoms with van der Waals surface area (Å²) in [4.78, 5) is 0. The van der Waals surface area contributed by atoms with E-state index in [-0.39, 0.29) is 6.29 Å². The van der Waals surface area contributed by atoms with Gasteiger partial charge in [-0.1, -0.05) is 0 Å². The first-order valence-electron chi connectivity index (χ1n) is 4.16. The summed E-state index contributed by atoms with van der Waals surface area (Å²) in [7, 11) is 1.65. The van der Waals surface area contributed by atoms with E-state index in [4.69, 9.17) is 18.9 Å². The van der Waals surface area contributed by atoms with Gasteiger partial charge in [0.15, 0.2) is 6.29 Å². The van der Waals surface area contributed by atoms with Crippen molar-refractivity contribution < 1.29 is 18.9 Å². The Bertz CT molecular complexity index is 114. The number of epoxide rings is 1. The smallest absolute Gasteiger partial charge is 0.155 e. The number of hydrogen-bond acceptors (Lipinski definition) is 4. The van der Waals surface area contributed by atoms with E-state index in [1.165, 1.54) is 0 Å². The highest BCUT2D eigenvalue weighted by Gasteiger charge is 2.23. The van der Waals surface area contributed by atoms with Crippen molar-refractivity contribution in [2.45, 2.75) is 19.3 Å². The minimum absolute atomic E-state index is 0.163. The molecule has 2 atom stereocenters. The van der Waals surface area contributed by atoms with Crippen molar-refractivity contribution in [3.63, 3.8) is 0 Å². The second kappa shape index (κ2) is 5.48. The van der Waals surface area contributed by atoms with Crippen LogP contribution in [-0.2, 0) is 18.9 Å². The zero-order valence-corrected chi connectivity index (χ0v) is 7.62. The van der Waals surface area contributed by atoms with Gasteiger partial charge in [-0.3, -0.25) is 0 Å². The van der Waals surface area contributed by atoms with Gasteiger partial charge < -0.3 is 18.9 Å². The Balaban J connectivity index is 1.84. The lowest BCUT2D eigenvalue weighted by molar-refractivity contribution is -0.139. The molecule has 0 amide bonds. The molecule has 1 aliphatic rings. The maximum atomic E-state index is 5.31. The molecule has 0 radical (unpaired) electrons. The molecule has 1 heterocycles. The second-order valence-electron chi connectivity index (χ2n) is 2.72. The van der Waals surface area contributed by atoms with Gasteiger partial charge in [0, 0.05) is 7.11 Å². The summed E-state index contributed by atoms with van der Waals surface area (Å²) in [6.07, 6.45) is 0.142. The minimum atomic E-state index is -0.163. The van der Waals surface area contributed by atoms with Gasteiger partial charge in [0.05, 0.1) is 26.4 Å². The molecule has 1 rings (SSSR count). The SMILES string of the molecule is COCCOC(C)OCC1CO1. The molecule has 1 fully saturated rings. The summed E-state index contributed by atoms with van der Waals surface area (Å²) in [6.45, 7) is 4.51. The van der Waals surface area contributed by atoms with E-state index in [1.54, 1.807) is 7.11 Å². The van der Waals surface area contributed by atoms with E-state index in [0.29, 0.717) is 25.9 Å². The highest BCUT2D eigenvalue weighted by atomic mass is 16.7. The molecular formula is C8H16O4. The molecule has 0 aliphatic carbocycles.